The van der Waals surface area contributed by atoms with E-state index in [1.165, 1.54) is 6.92 Å². The van der Waals surface area contributed by atoms with Crippen LogP contribution in [0.5, 0.6) is 5.75 Å². The SMILES string of the molecule is CC(=O)OCc1ccc(OC(c2ccccc2)C(C)N(C)C)c(C)c1. The molecule has 0 spiro atoms. The molecule has 2 atom stereocenters. The van der Waals surface area contributed by atoms with Gasteiger partial charge < -0.3 is 14.4 Å². The molecule has 0 aromatic heterocycles. The number of hydrogen-bond acceptors (Lipinski definition) is 4. The average molecular weight is 341 g/mol. The standard InChI is InChI=1S/C21H27NO3/c1-15-13-18(14-24-17(3)23)11-12-20(15)25-21(16(2)22(4)5)19-9-7-6-8-10-19/h6-13,16,21H,14H2,1-5H3. The van der Waals surface area contributed by atoms with Crippen molar-refractivity contribution < 1.29 is 14.3 Å². The van der Waals surface area contributed by atoms with Gasteiger partial charge >= 0.3 is 5.97 Å². The lowest BCUT2D eigenvalue weighted by Gasteiger charge is -2.30. The lowest BCUT2D eigenvalue weighted by Crippen LogP contribution is -2.34. The van der Waals surface area contributed by atoms with Gasteiger partial charge in [0, 0.05) is 13.0 Å². The smallest absolute Gasteiger partial charge is 0.302 e. The van der Waals surface area contributed by atoms with Gasteiger partial charge in [0.25, 0.3) is 0 Å². The van der Waals surface area contributed by atoms with E-state index >= 15 is 0 Å². The molecule has 2 unspecified atom stereocenters. The van der Waals surface area contributed by atoms with Gasteiger partial charge in [-0.25, -0.2) is 0 Å². The summed E-state index contributed by atoms with van der Waals surface area (Å²) < 4.78 is 11.4. The first kappa shape index (κ1) is 19.0. The lowest BCUT2D eigenvalue weighted by atomic mass is 10.0. The van der Waals surface area contributed by atoms with Crippen LogP contribution in [0.25, 0.3) is 0 Å². The van der Waals surface area contributed by atoms with Crippen LogP contribution in [0.3, 0.4) is 0 Å². The number of esters is 1. The van der Waals surface area contributed by atoms with Crippen LogP contribution < -0.4 is 4.74 Å². The Morgan fingerprint density at radius 1 is 1.12 bits per heavy atom. The summed E-state index contributed by atoms with van der Waals surface area (Å²) >= 11 is 0. The number of benzene rings is 2. The van der Waals surface area contributed by atoms with Crippen LogP contribution in [0.15, 0.2) is 48.5 Å². The molecule has 0 saturated carbocycles. The Kier molecular flexibility index (Phi) is 6.59. The zero-order chi connectivity index (χ0) is 18.4. The van der Waals surface area contributed by atoms with E-state index in [9.17, 15) is 4.79 Å². The largest absolute Gasteiger partial charge is 0.484 e. The van der Waals surface area contributed by atoms with Crippen molar-refractivity contribution in [2.75, 3.05) is 14.1 Å². The van der Waals surface area contributed by atoms with Gasteiger partial charge in [0.2, 0.25) is 0 Å². The molecule has 25 heavy (non-hydrogen) atoms. The highest BCUT2D eigenvalue weighted by Gasteiger charge is 2.23. The fourth-order valence-corrected chi connectivity index (χ4v) is 2.61. The summed E-state index contributed by atoms with van der Waals surface area (Å²) in [5, 5.41) is 0. The molecule has 4 heteroatoms. The minimum absolute atomic E-state index is 0.0748. The molecule has 0 saturated heterocycles. The summed E-state index contributed by atoms with van der Waals surface area (Å²) in [4.78, 5) is 13.1. The first-order valence-corrected chi connectivity index (χ1v) is 8.49. The third-order valence-corrected chi connectivity index (χ3v) is 4.32. The van der Waals surface area contributed by atoms with Crippen molar-refractivity contribution in [2.24, 2.45) is 0 Å². The molecule has 0 amide bonds. The highest BCUT2D eigenvalue weighted by molar-refractivity contribution is 5.65. The predicted molar refractivity (Wildman–Crippen MR) is 99.6 cm³/mol. The van der Waals surface area contributed by atoms with E-state index < -0.39 is 0 Å². The third kappa shape index (κ3) is 5.33. The maximum Gasteiger partial charge on any atom is 0.302 e. The molecule has 0 aliphatic heterocycles. The summed E-state index contributed by atoms with van der Waals surface area (Å²) in [5.41, 5.74) is 3.13. The van der Waals surface area contributed by atoms with Crippen molar-refractivity contribution in [3.63, 3.8) is 0 Å². The van der Waals surface area contributed by atoms with Gasteiger partial charge in [0.15, 0.2) is 0 Å². The second-order valence-electron chi connectivity index (χ2n) is 6.53. The highest BCUT2D eigenvalue weighted by atomic mass is 16.5. The van der Waals surface area contributed by atoms with Gasteiger partial charge in [0.05, 0.1) is 0 Å². The van der Waals surface area contributed by atoms with Crippen molar-refractivity contribution in [3.05, 3.63) is 65.2 Å². The Hall–Kier alpha value is -2.33. The Morgan fingerprint density at radius 3 is 2.36 bits per heavy atom. The van der Waals surface area contributed by atoms with Gasteiger partial charge in [0.1, 0.15) is 18.5 Å². The van der Waals surface area contributed by atoms with Gasteiger partial charge in [-0.3, -0.25) is 4.79 Å². The molecule has 0 N–H and O–H groups in total. The minimum atomic E-state index is -0.276. The van der Waals surface area contributed by atoms with Crippen LogP contribution in [0.4, 0.5) is 0 Å². The molecule has 0 heterocycles. The zero-order valence-corrected chi connectivity index (χ0v) is 15.7. The second kappa shape index (κ2) is 8.67. The molecule has 0 aliphatic rings. The topological polar surface area (TPSA) is 38.8 Å². The third-order valence-electron chi connectivity index (χ3n) is 4.32. The average Bonchev–Trinajstić information content (AvgIpc) is 2.59. The summed E-state index contributed by atoms with van der Waals surface area (Å²) in [5.74, 6) is 0.566. The first-order chi connectivity index (χ1) is 11.9. The number of carbonyl (C=O) groups is 1. The van der Waals surface area contributed by atoms with Crippen molar-refractivity contribution in [1.29, 1.82) is 0 Å². The van der Waals surface area contributed by atoms with Crippen LogP contribution in [0.2, 0.25) is 0 Å². The van der Waals surface area contributed by atoms with Gasteiger partial charge in [-0.1, -0.05) is 36.4 Å². The van der Waals surface area contributed by atoms with Crippen LogP contribution in [-0.2, 0) is 16.1 Å². The molecule has 0 radical (unpaired) electrons. The summed E-state index contributed by atoms with van der Waals surface area (Å²) in [6, 6.07) is 16.4. The van der Waals surface area contributed by atoms with Gasteiger partial charge in [-0.15, -0.1) is 0 Å². The van der Waals surface area contributed by atoms with Crippen LogP contribution in [0, 0.1) is 6.92 Å². The molecule has 2 aromatic carbocycles. The number of aryl methyl sites for hydroxylation is 1. The molecular formula is C21H27NO3. The van der Waals surface area contributed by atoms with Crippen molar-refractivity contribution in [3.8, 4) is 5.75 Å². The lowest BCUT2D eigenvalue weighted by molar-refractivity contribution is -0.142. The Balaban J connectivity index is 2.22. The molecule has 134 valence electrons. The van der Waals surface area contributed by atoms with E-state index in [0.717, 1.165) is 22.4 Å². The fourth-order valence-electron chi connectivity index (χ4n) is 2.61. The minimum Gasteiger partial charge on any atom is -0.484 e. The summed E-state index contributed by atoms with van der Waals surface area (Å²) in [6.07, 6.45) is -0.0748. The van der Waals surface area contributed by atoms with E-state index in [1.807, 2.05) is 43.3 Å². The van der Waals surface area contributed by atoms with Crippen molar-refractivity contribution in [1.82, 2.24) is 4.90 Å². The quantitative estimate of drug-likeness (QED) is 0.710. The number of ether oxygens (including phenoxy) is 2. The molecular weight excluding hydrogens is 314 g/mol. The number of likely N-dealkylation sites (N-methyl/N-ethyl adjacent to an activating group) is 1. The Morgan fingerprint density at radius 2 is 1.80 bits per heavy atom. The number of rotatable bonds is 7. The van der Waals surface area contributed by atoms with Crippen LogP contribution >= 0.6 is 0 Å². The predicted octanol–water partition coefficient (Wildman–Crippen LogP) is 4.13. The molecule has 4 nitrogen and oxygen atoms in total. The molecule has 2 rings (SSSR count). The first-order valence-electron chi connectivity index (χ1n) is 8.49. The van der Waals surface area contributed by atoms with E-state index in [0.29, 0.717) is 0 Å². The maximum absolute atomic E-state index is 11.0. The Labute approximate surface area is 150 Å². The van der Waals surface area contributed by atoms with Crippen LogP contribution in [-0.4, -0.2) is 31.0 Å². The summed E-state index contributed by atoms with van der Waals surface area (Å²) in [6.45, 7) is 5.86. The number of carbonyl (C=O) groups excluding carboxylic acids is 1. The highest BCUT2D eigenvalue weighted by Crippen LogP contribution is 2.29. The van der Waals surface area contributed by atoms with Crippen molar-refractivity contribution >= 4 is 5.97 Å². The molecule has 0 fully saturated rings. The maximum atomic E-state index is 11.0. The monoisotopic (exact) mass is 341 g/mol. The normalized spacial score (nSPS) is 13.4. The summed E-state index contributed by atoms with van der Waals surface area (Å²) in [7, 11) is 4.11. The van der Waals surface area contributed by atoms with Crippen molar-refractivity contribution in [2.45, 2.75) is 39.5 Å². The van der Waals surface area contributed by atoms with E-state index in [1.54, 1.807) is 0 Å². The molecule has 0 bridgehead atoms. The van der Waals surface area contributed by atoms with Crippen LogP contribution in [0.1, 0.15) is 36.6 Å². The van der Waals surface area contributed by atoms with Gasteiger partial charge in [-0.05, 0) is 56.8 Å². The number of hydrogen-bond donors (Lipinski definition) is 0. The number of nitrogens with zero attached hydrogens (tertiary/aromatic N) is 1. The Bertz CT molecular complexity index is 698. The van der Waals surface area contributed by atoms with E-state index in [4.69, 9.17) is 9.47 Å². The second-order valence-corrected chi connectivity index (χ2v) is 6.53. The van der Waals surface area contributed by atoms with Gasteiger partial charge in [-0.2, -0.15) is 0 Å². The van der Waals surface area contributed by atoms with E-state index in [2.05, 4.69) is 38.1 Å². The fraction of sp³-hybridized carbons (Fsp3) is 0.381. The molecule has 2 aromatic rings. The van der Waals surface area contributed by atoms with E-state index in [-0.39, 0.29) is 24.7 Å². The zero-order valence-electron chi connectivity index (χ0n) is 15.7. The molecule has 0 aliphatic carbocycles.